The van der Waals surface area contributed by atoms with Crippen molar-refractivity contribution in [2.45, 2.75) is 0 Å². The summed E-state index contributed by atoms with van der Waals surface area (Å²) < 4.78 is 4.77. The van der Waals surface area contributed by atoms with Crippen molar-refractivity contribution >= 4 is 12.0 Å². The number of carbonyl (C=O) groups is 2. The highest BCUT2D eigenvalue weighted by Crippen LogP contribution is 2.27. The molecule has 0 unspecified atom stereocenters. The molecule has 2 aromatic carbocycles. The van der Waals surface area contributed by atoms with Gasteiger partial charge in [0.1, 0.15) is 0 Å². The molecule has 148 valence electrons. The zero-order chi connectivity index (χ0) is 20.2. The molecule has 0 radical (unpaired) electrons. The van der Waals surface area contributed by atoms with E-state index in [9.17, 15) is 9.59 Å². The van der Waals surface area contributed by atoms with Gasteiger partial charge in [0.2, 0.25) is 5.88 Å². The largest absolute Gasteiger partial charge is 0.411 e. The van der Waals surface area contributed by atoms with E-state index in [2.05, 4.69) is 15.5 Å². The van der Waals surface area contributed by atoms with Gasteiger partial charge >= 0.3 is 6.09 Å². The number of nitrogens with zero attached hydrogens (tertiary/aromatic N) is 2. The summed E-state index contributed by atoms with van der Waals surface area (Å²) in [6, 6.07) is 17.1. The molecule has 0 saturated carbocycles. The predicted molar refractivity (Wildman–Crippen MR) is 108 cm³/mol. The number of primary amides is 1. The number of hydrogen-bond donors (Lipinski definition) is 3. The molecule has 1 fully saturated rings. The van der Waals surface area contributed by atoms with Gasteiger partial charge in [0.25, 0.3) is 5.91 Å². The van der Waals surface area contributed by atoms with Crippen molar-refractivity contribution < 1.29 is 14.3 Å². The molecule has 4 rings (SSSR count). The summed E-state index contributed by atoms with van der Waals surface area (Å²) in [7, 11) is 0. The van der Waals surface area contributed by atoms with Gasteiger partial charge in [0.15, 0.2) is 0 Å². The summed E-state index contributed by atoms with van der Waals surface area (Å²) in [5, 5.41) is 9.99. The Kier molecular flexibility index (Phi) is 5.26. The third-order valence-electron chi connectivity index (χ3n) is 4.80. The van der Waals surface area contributed by atoms with E-state index in [0.717, 1.165) is 42.9 Å². The first-order valence-electron chi connectivity index (χ1n) is 9.34. The Labute approximate surface area is 167 Å². The minimum atomic E-state index is -0.910. The van der Waals surface area contributed by atoms with Crippen molar-refractivity contribution in [3.63, 3.8) is 0 Å². The lowest BCUT2D eigenvalue weighted by atomic mass is 10.0. The quantitative estimate of drug-likeness (QED) is 0.631. The average molecular weight is 391 g/mol. The molecule has 1 aliphatic heterocycles. The van der Waals surface area contributed by atoms with Crippen LogP contribution in [0.5, 0.6) is 5.88 Å². The fourth-order valence-corrected chi connectivity index (χ4v) is 3.33. The highest BCUT2D eigenvalue weighted by atomic mass is 16.6. The highest BCUT2D eigenvalue weighted by molar-refractivity contribution is 5.94. The van der Waals surface area contributed by atoms with Crippen LogP contribution >= 0.6 is 0 Å². The number of benzene rings is 2. The summed E-state index contributed by atoms with van der Waals surface area (Å²) in [5.41, 5.74) is 9.28. The first-order valence-corrected chi connectivity index (χ1v) is 9.34. The number of aromatic nitrogens is 2. The summed E-state index contributed by atoms with van der Waals surface area (Å²) in [5.74, 6) is 0.180. The van der Waals surface area contributed by atoms with E-state index in [0.29, 0.717) is 11.3 Å². The number of amides is 2. The van der Waals surface area contributed by atoms with E-state index < -0.39 is 6.09 Å². The number of ether oxygens (including phenoxy) is 1. The van der Waals surface area contributed by atoms with Crippen molar-refractivity contribution in [2.24, 2.45) is 5.73 Å². The van der Waals surface area contributed by atoms with Crippen molar-refractivity contribution in [2.75, 3.05) is 26.2 Å². The molecule has 1 aromatic heterocycles. The number of nitrogens with one attached hydrogen (secondary N) is 2. The second-order valence-electron chi connectivity index (χ2n) is 6.74. The number of piperazine rings is 1. The SMILES string of the molecule is NC(=O)Oc1cc(-c2cccc(-c3ccc(C(=O)N4CCNCC4)cc3)c2)[nH]n1. The van der Waals surface area contributed by atoms with Crippen LogP contribution in [-0.2, 0) is 0 Å². The number of hydrogen-bond acceptors (Lipinski definition) is 5. The second kappa shape index (κ2) is 8.15. The Morgan fingerprint density at radius 1 is 0.966 bits per heavy atom. The number of rotatable bonds is 4. The van der Waals surface area contributed by atoms with Crippen molar-refractivity contribution in [1.29, 1.82) is 0 Å². The maximum atomic E-state index is 12.6. The molecule has 1 aliphatic rings. The molecule has 0 bridgehead atoms. The summed E-state index contributed by atoms with van der Waals surface area (Å²) in [6.45, 7) is 3.12. The first kappa shape index (κ1) is 18.7. The lowest BCUT2D eigenvalue weighted by Crippen LogP contribution is -2.46. The first-order chi connectivity index (χ1) is 14.1. The standard InChI is InChI=1S/C21H21N5O3/c22-21(28)29-19-13-18(24-25-19)17-3-1-2-16(12-17)14-4-6-15(7-5-14)20(27)26-10-8-23-9-11-26/h1-7,12-13,23H,8-11H2,(H2,22,28)(H,24,25). The molecule has 0 spiro atoms. The molecule has 3 aromatic rings. The van der Waals surface area contributed by atoms with Gasteiger partial charge in [0.05, 0.1) is 5.69 Å². The zero-order valence-corrected chi connectivity index (χ0v) is 15.7. The van der Waals surface area contributed by atoms with Gasteiger partial charge < -0.3 is 20.7 Å². The Morgan fingerprint density at radius 2 is 1.69 bits per heavy atom. The van der Waals surface area contributed by atoms with E-state index in [-0.39, 0.29) is 11.8 Å². The number of H-pyrrole nitrogens is 1. The number of aromatic amines is 1. The Bertz CT molecular complexity index is 1020. The Hall–Kier alpha value is -3.65. The van der Waals surface area contributed by atoms with Crippen LogP contribution in [0.3, 0.4) is 0 Å². The maximum absolute atomic E-state index is 12.6. The van der Waals surface area contributed by atoms with Gasteiger partial charge in [-0.15, -0.1) is 5.10 Å². The zero-order valence-electron chi connectivity index (χ0n) is 15.7. The molecule has 2 heterocycles. The van der Waals surface area contributed by atoms with E-state index in [1.807, 2.05) is 53.4 Å². The van der Waals surface area contributed by atoms with Gasteiger partial charge in [-0.3, -0.25) is 9.89 Å². The lowest BCUT2D eigenvalue weighted by Gasteiger charge is -2.27. The third-order valence-corrected chi connectivity index (χ3v) is 4.80. The van der Waals surface area contributed by atoms with Crippen LogP contribution in [0, 0.1) is 0 Å². The van der Waals surface area contributed by atoms with Crippen LogP contribution in [0.15, 0.2) is 54.6 Å². The Morgan fingerprint density at radius 3 is 2.41 bits per heavy atom. The smallest absolute Gasteiger partial charge is 0.390 e. The van der Waals surface area contributed by atoms with E-state index >= 15 is 0 Å². The van der Waals surface area contributed by atoms with Crippen LogP contribution in [0.4, 0.5) is 4.79 Å². The normalized spacial score (nSPS) is 13.9. The molecular formula is C21H21N5O3. The fourth-order valence-electron chi connectivity index (χ4n) is 3.33. The minimum Gasteiger partial charge on any atom is -0.390 e. The van der Waals surface area contributed by atoms with Crippen LogP contribution in [0.1, 0.15) is 10.4 Å². The second-order valence-corrected chi connectivity index (χ2v) is 6.74. The molecule has 29 heavy (non-hydrogen) atoms. The molecule has 4 N–H and O–H groups in total. The van der Waals surface area contributed by atoms with Crippen molar-refractivity contribution in [1.82, 2.24) is 20.4 Å². The monoisotopic (exact) mass is 391 g/mol. The van der Waals surface area contributed by atoms with E-state index in [4.69, 9.17) is 10.5 Å². The molecule has 1 saturated heterocycles. The van der Waals surface area contributed by atoms with Crippen molar-refractivity contribution in [3.8, 4) is 28.3 Å². The molecule has 2 amide bonds. The summed E-state index contributed by atoms with van der Waals surface area (Å²) in [6.07, 6.45) is -0.910. The van der Waals surface area contributed by atoms with Crippen LogP contribution < -0.4 is 15.8 Å². The van der Waals surface area contributed by atoms with Gasteiger partial charge in [-0.25, -0.2) is 4.79 Å². The van der Waals surface area contributed by atoms with E-state index in [1.54, 1.807) is 6.07 Å². The minimum absolute atomic E-state index is 0.0613. The number of nitrogens with two attached hydrogens (primary N) is 1. The molecule has 0 atom stereocenters. The van der Waals surface area contributed by atoms with Crippen LogP contribution in [0.2, 0.25) is 0 Å². The van der Waals surface area contributed by atoms with Gasteiger partial charge in [-0.05, 0) is 29.3 Å². The lowest BCUT2D eigenvalue weighted by molar-refractivity contribution is 0.0736. The topological polar surface area (TPSA) is 113 Å². The molecule has 0 aliphatic carbocycles. The van der Waals surface area contributed by atoms with Crippen LogP contribution in [0.25, 0.3) is 22.4 Å². The van der Waals surface area contributed by atoms with Gasteiger partial charge in [-0.1, -0.05) is 30.3 Å². The maximum Gasteiger partial charge on any atom is 0.411 e. The van der Waals surface area contributed by atoms with Crippen LogP contribution in [-0.4, -0.2) is 53.3 Å². The van der Waals surface area contributed by atoms with Crippen molar-refractivity contribution in [3.05, 3.63) is 60.2 Å². The average Bonchev–Trinajstić information content (AvgIpc) is 3.22. The molecular weight excluding hydrogens is 370 g/mol. The van der Waals surface area contributed by atoms with Gasteiger partial charge in [0, 0.05) is 43.4 Å². The Balaban J connectivity index is 1.53. The molecule has 8 nitrogen and oxygen atoms in total. The fraction of sp³-hybridized carbons (Fsp3) is 0.190. The van der Waals surface area contributed by atoms with E-state index in [1.165, 1.54) is 0 Å². The van der Waals surface area contributed by atoms with Gasteiger partial charge in [-0.2, -0.15) is 0 Å². The summed E-state index contributed by atoms with van der Waals surface area (Å²) in [4.78, 5) is 25.3. The predicted octanol–water partition coefficient (Wildman–Crippen LogP) is 2.25. The summed E-state index contributed by atoms with van der Waals surface area (Å²) >= 11 is 0. The highest BCUT2D eigenvalue weighted by Gasteiger charge is 2.17. The molecule has 8 heteroatoms. The third kappa shape index (κ3) is 4.27. The number of carbonyl (C=O) groups excluding carboxylic acids is 2.